The molecule has 0 aliphatic heterocycles. The van der Waals surface area contributed by atoms with Crippen LogP contribution in [0.15, 0.2) is 11.4 Å². The average Bonchev–Trinajstić information content (AvgIpc) is 2.84. The van der Waals surface area contributed by atoms with Gasteiger partial charge in [0.15, 0.2) is 0 Å². The van der Waals surface area contributed by atoms with E-state index in [2.05, 4.69) is 40.2 Å². The van der Waals surface area contributed by atoms with E-state index in [4.69, 9.17) is 0 Å². The maximum absolute atomic E-state index is 4.09. The van der Waals surface area contributed by atoms with Gasteiger partial charge in [-0.1, -0.05) is 11.4 Å². The number of nitrogens with zero attached hydrogens (tertiary/aromatic N) is 2. The molecule has 0 aliphatic carbocycles. The monoisotopic (exact) mass is 253 g/mol. The molecule has 5 heteroatoms. The highest BCUT2D eigenvalue weighted by atomic mass is 32.1. The number of aryl methyl sites for hydroxylation is 2. The quantitative estimate of drug-likeness (QED) is 0.910. The summed E-state index contributed by atoms with van der Waals surface area (Å²) in [5, 5.41) is 9.74. The second-order valence-corrected chi connectivity index (χ2v) is 5.41. The van der Waals surface area contributed by atoms with Crippen LogP contribution in [0.4, 0.5) is 0 Å². The lowest BCUT2D eigenvalue weighted by Crippen LogP contribution is -2.21. The summed E-state index contributed by atoms with van der Waals surface area (Å²) >= 11 is 3.28. The lowest BCUT2D eigenvalue weighted by Gasteiger charge is -2.16. The fourth-order valence-corrected chi connectivity index (χ4v) is 3.51. The van der Waals surface area contributed by atoms with E-state index in [1.807, 2.05) is 6.92 Å². The lowest BCUT2D eigenvalue weighted by atomic mass is 10.1. The summed E-state index contributed by atoms with van der Waals surface area (Å²) in [6, 6.07) is 2.42. The molecule has 86 valence electrons. The molecule has 0 saturated heterocycles. The molecule has 16 heavy (non-hydrogen) atoms. The van der Waals surface area contributed by atoms with Gasteiger partial charge in [0, 0.05) is 4.88 Å². The van der Waals surface area contributed by atoms with E-state index in [9.17, 15) is 0 Å². The smallest absolute Gasteiger partial charge is 0.0802 e. The van der Waals surface area contributed by atoms with E-state index in [-0.39, 0.29) is 6.04 Å². The minimum absolute atomic E-state index is 0.255. The molecule has 3 nitrogen and oxygen atoms in total. The van der Waals surface area contributed by atoms with Gasteiger partial charge in [-0.2, -0.15) is 0 Å². The maximum Gasteiger partial charge on any atom is 0.0802 e. The van der Waals surface area contributed by atoms with Crippen LogP contribution in [-0.4, -0.2) is 16.1 Å². The first kappa shape index (κ1) is 11.7. The molecule has 1 atom stereocenters. The van der Waals surface area contributed by atoms with Gasteiger partial charge in [0.2, 0.25) is 0 Å². The zero-order valence-electron chi connectivity index (χ0n) is 9.65. The number of rotatable bonds is 4. The molecule has 0 bridgehead atoms. The van der Waals surface area contributed by atoms with Crippen LogP contribution in [0.2, 0.25) is 0 Å². The number of hydrogen-bond acceptors (Lipinski definition) is 5. The molecule has 0 amide bonds. The van der Waals surface area contributed by atoms with Gasteiger partial charge in [0.1, 0.15) is 0 Å². The molecule has 2 aromatic rings. The molecule has 0 aromatic carbocycles. The first-order valence-corrected chi connectivity index (χ1v) is 6.95. The first-order valence-electron chi connectivity index (χ1n) is 5.30. The summed E-state index contributed by atoms with van der Waals surface area (Å²) in [5.41, 5.74) is 2.37. The molecule has 0 spiro atoms. The van der Waals surface area contributed by atoms with Gasteiger partial charge < -0.3 is 5.32 Å². The third-order valence-electron chi connectivity index (χ3n) is 2.52. The maximum atomic E-state index is 4.09. The van der Waals surface area contributed by atoms with Crippen molar-refractivity contribution in [3.8, 4) is 0 Å². The molecule has 0 saturated carbocycles. The van der Waals surface area contributed by atoms with Gasteiger partial charge >= 0.3 is 0 Å². The summed E-state index contributed by atoms with van der Waals surface area (Å²) < 4.78 is 4.02. The van der Waals surface area contributed by atoms with E-state index in [0.29, 0.717) is 0 Å². The summed E-state index contributed by atoms with van der Waals surface area (Å²) in [5.74, 6) is 0. The minimum atomic E-state index is 0.255. The van der Waals surface area contributed by atoms with Crippen molar-refractivity contribution in [2.24, 2.45) is 0 Å². The van der Waals surface area contributed by atoms with Gasteiger partial charge in [-0.25, -0.2) is 0 Å². The molecule has 0 aliphatic rings. The van der Waals surface area contributed by atoms with Crippen molar-refractivity contribution in [2.45, 2.75) is 26.8 Å². The van der Waals surface area contributed by atoms with Crippen LogP contribution in [0.5, 0.6) is 0 Å². The van der Waals surface area contributed by atoms with Gasteiger partial charge in [0.25, 0.3) is 0 Å². The largest absolute Gasteiger partial charge is 0.305 e. The number of hydrogen-bond donors (Lipinski definition) is 1. The number of nitrogens with one attached hydrogen (secondary N) is 1. The first-order chi connectivity index (χ1) is 7.74. The zero-order valence-corrected chi connectivity index (χ0v) is 11.3. The molecule has 0 radical (unpaired) electrons. The predicted octanol–water partition coefficient (Wildman–Crippen LogP) is 2.92. The van der Waals surface area contributed by atoms with Gasteiger partial charge in [-0.05, 0) is 48.9 Å². The molecule has 0 fully saturated rings. The molecule has 1 N–H and O–H groups in total. The van der Waals surface area contributed by atoms with Gasteiger partial charge in [-0.15, -0.1) is 16.4 Å². The zero-order chi connectivity index (χ0) is 11.5. The second-order valence-electron chi connectivity index (χ2n) is 3.68. The van der Waals surface area contributed by atoms with E-state index < -0.39 is 0 Å². The van der Waals surface area contributed by atoms with E-state index in [1.54, 1.807) is 11.3 Å². The second kappa shape index (κ2) is 5.03. The summed E-state index contributed by atoms with van der Waals surface area (Å²) in [4.78, 5) is 2.60. The van der Waals surface area contributed by atoms with Gasteiger partial charge in [0.05, 0.1) is 16.6 Å². The highest BCUT2D eigenvalue weighted by molar-refractivity contribution is 7.10. The molecule has 2 aromatic heterocycles. The molecule has 2 heterocycles. The van der Waals surface area contributed by atoms with Crippen LogP contribution in [0.25, 0.3) is 0 Å². The van der Waals surface area contributed by atoms with E-state index in [0.717, 1.165) is 12.2 Å². The topological polar surface area (TPSA) is 37.8 Å². The molecule has 2 rings (SSSR count). The Bertz CT molecular complexity index is 421. The van der Waals surface area contributed by atoms with Crippen LogP contribution < -0.4 is 5.32 Å². The van der Waals surface area contributed by atoms with Crippen molar-refractivity contribution in [1.82, 2.24) is 14.9 Å². The van der Waals surface area contributed by atoms with Crippen LogP contribution in [0, 0.1) is 13.8 Å². The number of thiophene rings is 1. The Labute approximate surface area is 104 Å². The Balaban J connectivity index is 2.39. The Morgan fingerprint density at radius 3 is 2.69 bits per heavy atom. The van der Waals surface area contributed by atoms with Crippen molar-refractivity contribution in [1.29, 1.82) is 0 Å². The van der Waals surface area contributed by atoms with E-state index in [1.165, 1.54) is 26.9 Å². The van der Waals surface area contributed by atoms with Crippen molar-refractivity contribution >= 4 is 22.9 Å². The van der Waals surface area contributed by atoms with Crippen LogP contribution in [0.3, 0.4) is 0 Å². The Kier molecular flexibility index (Phi) is 3.68. The fraction of sp³-hybridized carbons (Fsp3) is 0.455. The highest BCUT2D eigenvalue weighted by Gasteiger charge is 2.20. The molecular weight excluding hydrogens is 238 g/mol. The van der Waals surface area contributed by atoms with E-state index >= 15 is 0 Å². The van der Waals surface area contributed by atoms with Crippen molar-refractivity contribution < 1.29 is 0 Å². The lowest BCUT2D eigenvalue weighted by molar-refractivity contribution is 0.642. The third-order valence-corrected chi connectivity index (χ3v) is 4.50. The fourth-order valence-electron chi connectivity index (χ4n) is 1.69. The van der Waals surface area contributed by atoms with Gasteiger partial charge in [-0.3, -0.25) is 0 Å². The van der Waals surface area contributed by atoms with Crippen LogP contribution in [0.1, 0.15) is 34.0 Å². The summed E-state index contributed by atoms with van der Waals surface area (Å²) in [6.07, 6.45) is 0. The SMILES string of the molecule is CCNC(c1sccc1C)c1snnc1C. The molecule has 1 unspecified atom stereocenters. The highest BCUT2D eigenvalue weighted by Crippen LogP contribution is 2.32. The van der Waals surface area contributed by atoms with Crippen molar-refractivity contribution in [3.63, 3.8) is 0 Å². The summed E-state index contributed by atoms with van der Waals surface area (Å²) in [6.45, 7) is 7.24. The third kappa shape index (κ3) is 2.16. The Morgan fingerprint density at radius 2 is 2.19 bits per heavy atom. The molecular formula is C11H15N3S2. The van der Waals surface area contributed by atoms with Crippen molar-refractivity contribution in [3.05, 3.63) is 32.5 Å². The predicted molar refractivity (Wildman–Crippen MR) is 69.2 cm³/mol. The normalized spacial score (nSPS) is 12.9. The number of aromatic nitrogens is 2. The Morgan fingerprint density at radius 1 is 1.38 bits per heavy atom. The average molecular weight is 253 g/mol. The summed E-state index contributed by atoms with van der Waals surface area (Å²) in [7, 11) is 0. The van der Waals surface area contributed by atoms with Crippen LogP contribution >= 0.6 is 22.9 Å². The minimum Gasteiger partial charge on any atom is -0.305 e. The van der Waals surface area contributed by atoms with Crippen LogP contribution in [-0.2, 0) is 0 Å². The Hall–Kier alpha value is -0.780. The standard InChI is InChI=1S/C11H15N3S2/c1-4-12-9(10-7(2)5-6-15-10)11-8(3)13-14-16-11/h5-6,9,12H,4H2,1-3H3. The van der Waals surface area contributed by atoms with Crippen molar-refractivity contribution in [2.75, 3.05) is 6.54 Å².